The molecule has 1 unspecified atom stereocenters. The summed E-state index contributed by atoms with van der Waals surface area (Å²) in [6, 6.07) is 17.6. The number of thiazole rings is 1. The van der Waals surface area contributed by atoms with E-state index in [-0.39, 0.29) is 11.7 Å². The maximum Gasteiger partial charge on any atom is 0.338 e. The van der Waals surface area contributed by atoms with Gasteiger partial charge in [-0.25, -0.2) is 9.79 Å². The summed E-state index contributed by atoms with van der Waals surface area (Å²) < 4.78 is 18.8. The highest BCUT2D eigenvalue weighted by Gasteiger charge is 2.33. The minimum absolute atomic E-state index is 0.280. The van der Waals surface area contributed by atoms with E-state index < -0.39 is 12.0 Å². The number of halogens is 1. The molecule has 0 saturated heterocycles. The lowest BCUT2D eigenvalue weighted by molar-refractivity contribution is -0.143. The second kappa shape index (κ2) is 10.5. The van der Waals surface area contributed by atoms with Crippen molar-refractivity contribution in [2.45, 2.75) is 32.9 Å². The highest BCUT2D eigenvalue weighted by Crippen LogP contribution is 2.32. The molecule has 1 atom stereocenters. The zero-order chi connectivity index (χ0) is 27.0. The number of rotatable bonds is 6. The fourth-order valence-electron chi connectivity index (χ4n) is 4.32. The Hall–Kier alpha value is -3.88. The van der Waals surface area contributed by atoms with E-state index in [1.165, 1.54) is 11.3 Å². The Kier molecular flexibility index (Phi) is 7.10. The largest absolute Gasteiger partial charge is 0.497 e. The summed E-state index contributed by atoms with van der Waals surface area (Å²) in [5.41, 5.74) is 2.12. The number of fused-ring (bicyclic) bond motifs is 1. The highest BCUT2D eigenvalue weighted by atomic mass is 35.5. The molecule has 3 heterocycles. The van der Waals surface area contributed by atoms with Crippen molar-refractivity contribution in [3.63, 3.8) is 0 Å². The van der Waals surface area contributed by atoms with Crippen LogP contribution in [0.4, 0.5) is 0 Å². The predicted molar refractivity (Wildman–Crippen MR) is 147 cm³/mol. The molecular weight excluding hydrogens is 524 g/mol. The normalized spacial score (nSPS) is 15.4. The average molecular weight is 549 g/mol. The minimum Gasteiger partial charge on any atom is -0.497 e. The second-order valence-corrected chi connectivity index (χ2v) is 10.5. The van der Waals surface area contributed by atoms with Crippen molar-refractivity contribution in [2.75, 3.05) is 7.11 Å². The van der Waals surface area contributed by atoms with E-state index in [0.29, 0.717) is 42.9 Å². The number of esters is 1. The SMILES string of the molecule is COc1ccc(C2C(C(=O)OC(C)C)=C(C)N=c3sc(=Cc4ccc(-c5cccc(Cl)c5)o4)c(=O)n32)cc1. The number of aromatic nitrogens is 1. The average Bonchev–Trinajstić information content (AvgIpc) is 3.47. The molecule has 194 valence electrons. The van der Waals surface area contributed by atoms with Gasteiger partial charge in [-0.2, -0.15) is 0 Å². The second-order valence-electron chi connectivity index (χ2n) is 9.02. The van der Waals surface area contributed by atoms with Crippen LogP contribution < -0.4 is 19.6 Å². The van der Waals surface area contributed by atoms with Gasteiger partial charge in [0, 0.05) is 16.7 Å². The number of hydrogen-bond donors (Lipinski definition) is 0. The number of ether oxygens (including phenoxy) is 2. The fourth-order valence-corrected chi connectivity index (χ4v) is 5.54. The monoisotopic (exact) mass is 548 g/mol. The van der Waals surface area contributed by atoms with Crippen LogP contribution >= 0.6 is 22.9 Å². The Balaban J connectivity index is 1.63. The number of methoxy groups -OCH3 is 1. The number of carbonyl (C=O) groups is 1. The van der Waals surface area contributed by atoms with Crippen LogP contribution in [-0.4, -0.2) is 23.8 Å². The van der Waals surface area contributed by atoms with Gasteiger partial charge in [-0.1, -0.05) is 47.2 Å². The Bertz CT molecular complexity index is 1730. The summed E-state index contributed by atoms with van der Waals surface area (Å²) in [4.78, 5) is 32.1. The molecule has 38 heavy (non-hydrogen) atoms. The number of benzene rings is 2. The molecule has 0 amide bonds. The van der Waals surface area contributed by atoms with Gasteiger partial charge >= 0.3 is 5.97 Å². The molecule has 7 nitrogen and oxygen atoms in total. The predicted octanol–water partition coefficient (Wildman–Crippen LogP) is 5.11. The molecule has 2 aromatic carbocycles. The number of carbonyl (C=O) groups excluding carboxylic acids is 1. The lowest BCUT2D eigenvalue weighted by Gasteiger charge is -2.25. The van der Waals surface area contributed by atoms with Crippen molar-refractivity contribution in [1.29, 1.82) is 0 Å². The van der Waals surface area contributed by atoms with E-state index in [2.05, 4.69) is 4.99 Å². The lowest BCUT2D eigenvalue weighted by Crippen LogP contribution is -2.40. The summed E-state index contributed by atoms with van der Waals surface area (Å²) in [7, 11) is 1.58. The topological polar surface area (TPSA) is 83.0 Å². The first kappa shape index (κ1) is 25.8. The smallest absolute Gasteiger partial charge is 0.338 e. The van der Waals surface area contributed by atoms with Crippen LogP contribution in [0.5, 0.6) is 5.75 Å². The summed E-state index contributed by atoms with van der Waals surface area (Å²) in [6.07, 6.45) is 1.37. The Labute approximate surface area is 227 Å². The molecule has 0 N–H and O–H groups in total. The minimum atomic E-state index is -0.704. The van der Waals surface area contributed by atoms with Crippen molar-refractivity contribution in [2.24, 2.45) is 4.99 Å². The van der Waals surface area contributed by atoms with Crippen LogP contribution in [0.1, 0.15) is 38.1 Å². The van der Waals surface area contributed by atoms with E-state index in [9.17, 15) is 9.59 Å². The van der Waals surface area contributed by atoms with E-state index in [1.54, 1.807) is 62.8 Å². The Morgan fingerprint density at radius 3 is 2.61 bits per heavy atom. The van der Waals surface area contributed by atoms with Crippen molar-refractivity contribution in [1.82, 2.24) is 4.57 Å². The zero-order valence-electron chi connectivity index (χ0n) is 21.2. The highest BCUT2D eigenvalue weighted by molar-refractivity contribution is 7.07. The third-order valence-electron chi connectivity index (χ3n) is 6.03. The summed E-state index contributed by atoms with van der Waals surface area (Å²) in [5.74, 6) is 1.31. The molecule has 9 heteroatoms. The molecule has 0 fully saturated rings. The van der Waals surface area contributed by atoms with Crippen molar-refractivity contribution in [3.8, 4) is 17.1 Å². The first-order valence-corrected chi connectivity index (χ1v) is 13.2. The van der Waals surface area contributed by atoms with Crippen molar-refractivity contribution >= 4 is 35.0 Å². The first-order valence-electron chi connectivity index (χ1n) is 12.0. The Morgan fingerprint density at radius 2 is 1.92 bits per heavy atom. The van der Waals surface area contributed by atoms with Crippen molar-refractivity contribution < 1.29 is 18.7 Å². The van der Waals surface area contributed by atoms with Crippen molar-refractivity contribution in [3.05, 3.63) is 108 Å². The lowest BCUT2D eigenvalue weighted by atomic mass is 9.96. The third-order valence-corrected chi connectivity index (χ3v) is 7.24. The third kappa shape index (κ3) is 4.97. The van der Waals surface area contributed by atoms with Crippen LogP contribution in [0.3, 0.4) is 0 Å². The molecule has 1 aliphatic rings. The quantitative estimate of drug-likeness (QED) is 0.313. The van der Waals surface area contributed by atoms with E-state index in [4.69, 9.17) is 25.5 Å². The van der Waals surface area contributed by atoms with Gasteiger partial charge in [0.25, 0.3) is 5.56 Å². The van der Waals surface area contributed by atoms with Gasteiger partial charge in [0.15, 0.2) is 4.80 Å². The van der Waals surface area contributed by atoms with Gasteiger partial charge in [-0.15, -0.1) is 0 Å². The summed E-state index contributed by atoms with van der Waals surface area (Å²) in [5, 5.41) is 0.606. The van der Waals surface area contributed by atoms with Crippen LogP contribution in [0.25, 0.3) is 17.4 Å². The van der Waals surface area contributed by atoms with Crippen LogP contribution in [0.2, 0.25) is 5.02 Å². The first-order chi connectivity index (χ1) is 18.2. The van der Waals surface area contributed by atoms with E-state index >= 15 is 0 Å². The van der Waals surface area contributed by atoms with E-state index in [0.717, 1.165) is 11.1 Å². The van der Waals surface area contributed by atoms with E-state index in [1.807, 2.05) is 36.4 Å². The molecule has 0 radical (unpaired) electrons. The standard InChI is InChI=1S/C29H25ClN2O5S/c1-16(2)36-28(34)25-17(3)31-29-32(26(25)18-8-10-21(35-4)11-9-18)27(33)24(38-29)15-22-12-13-23(37-22)19-6-5-7-20(30)14-19/h5-16,26H,1-4H3. The molecule has 5 rings (SSSR count). The summed E-state index contributed by atoms with van der Waals surface area (Å²) >= 11 is 7.36. The van der Waals surface area contributed by atoms with Gasteiger partial charge < -0.3 is 13.9 Å². The van der Waals surface area contributed by atoms with Gasteiger partial charge in [0.1, 0.15) is 17.3 Å². The number of furan rings is 1. The fraction of sp³-hybridized carbons (Fsp3) is 0.207. The number of allylic oxidation sites excluding steroid dienone is 1. The van der Waals surface area contributed by atoms with Crippen LogP contribution in [0.15, 0.2) is 86.1 Å². The van der Waals surface area contributed by atoms with Gasteiger partial charge in [0.05, 0.1) is 35.1 Å². The molecule has 1 aliphatic heterocycles. The molecule has 4 aromatic rings. The van der Waals surface area contributed by atoms with Crippen LogP contribution in [-0.2, 0) is 9.53 Å². The Morgan fingerprint density at radius 1 is 1.16 bits per heavy atom. The van der Waals surface area contributed by atoms with Gasteiger partial charge in [0.2, 0.25) is 0 Å². The summed E-state index contributed by atoms with van der Waals surface area (Å²) in [6.45, 7) is 5.33. The molecule has 0 saturated carbocycles. The number of hydrogen-bond acceptors (Lipinski definition) is 7. The molecular formula is C29H25ClN2O5S. The number of nitrogens with zero attached hydrogens (tertiary/aromatic N) is 2. The molecule has 0 aliphatic carbocycles. The van der Waals surface area contributed by atoms with Gasteiger partial charge in [-0.3, -0.25) is 9.36 Å². The molecule has 0 spiro atoms. The maximum absolute atomic E-state index is 13.8. The van der Waals surface area contributed by atoms with Gasteiger partial charge in [-0.05, 0) is 62.7 Å². The molecule has 0 bridgehead atoms. The van der Waals surface area contributed by atoms with Crippen LogP contribution in [0, 0.1) is 0 Å². The molecule has 2 aromatic heterocycles. The zero-order valence-corrected chi connectivity index (χ0v) is 22.8. The maximum atomic E-state index is 13.8.